The van der Waals surface area contributed by atoms with Crippen LogP contribution in [0.25, 0.3) is 21.9 Å². The maximum absolute atomic E-state index is 12.7. The predicted molar refractivity (Wildman–Crippen MR) is 110 cm³/mol. The van der Waals surface area contributed by atoms with Crippen molar-refractivity contribution in [3.63, 3.8) is 0 Å². The molecule has 4 rings (SSSR count). The van der Waals surface area contributed by atoms with Crippen LogP contribution < -0.4 is 10.6 Å². The number of nitrogens with one attached hydrogen (secondary N) is 2. The number of amides is 2. The first kappa shape index (κ1) is 18.4. The molecule has 1 unspecified atom stereocenters. The minimum Gasteiger partial charge on any atom is -0.350 e. The summed E-state index contributed by atoms with van der Waals surface area (Å²) < 4.78 is 0. The van der Waals surface area contributed by atoms with Crippen LogP contribution in [0.2, 0.25) is 5.02 Å². The van der Waals surface area contributed by atoms with E-state index in [0.717, 1.165) is 28.3 Å². The van der Waals surface area contributed by atoms with Crippen molar-refractivity contribution in [3.8, 4) is 11.1 Å². The molecule has 0 radical (unpaired) electrons. The molecular weight excluding hydrogens is 374 g/mol. The number of hydrogen-bond donors (Lipinski definition) is 2. The summed E-state index contributed by atoms with van der Waals surface area (Å²) in [5, 5.41) is 8.45. The van der Waals surface area contributed by atoms with Gasteiger partial charge in [-0.1, -0.05) is 29.8 Å². The van der Waals surface area contributed by atoms with Crippen molar-refractivity contribution in [1.82, 2.24) is 15.6 Å². The minimum atomic E-state index is -0.387. The summed E-state index contributed by atoms with van der Waals surface area (Å²) >= 11 is 6.00. The van der Waals surface area contributed by atoms with E-state index in [-0.39, 0.29) is 17.4 Å². The van der Waals surface area contributed by atoms with E-state index in [9.17, 15) is 9.59 Å². The van der Waals surface area contributed by atoms with E-state index < -0.39 is 0 Å². The van der Waals surface area contributed by atoms with Crippen molar-refractivity contribution in [3.05, 3.63) is 65.4 Å². The molecule has 2 N–H and O–H groups in total. The van der Waals surface area contributed by atoms with Crippen LogP contribution in [0.4, 0.5) is 0 Å². The second kappa shape index (κ2) is 7.24. The summed E-state index contributed by atoms with van der Waals surface area (Å²) in [6, 6.07) is 13.1. The zero-order valence-corrected chi connectivity index (χ0v) is 16.2. The molecule has 1 saturated heterocycles. The highest BCUT2D eigenvalue weighted by molar-refractivity contribution is 6.30. The summed E-state index contributed by atoms with van der Waals surface area (Å²) in [6.07, 6.45) is 4.80. The second-order valence-electron chi connectivity index (χ2n) is 7.42. The Balaban J connectivity index is 1.61. The Labute approximate surface area is 168 Å². The predicted octanol–water partition coefficient (Wildman–Crippen LogP) is 3.95. The first-order valence-electron chi connectivity index (χ1n) is 9.16. The Bertz CT molecular complexity index is 1070. The number of aromatic nitrogens is 1. The van der Waals surface area contributed by atoms with E-state index >= 15 is 0 Å². The molecule has 1 fully saturated rings. The smallest absolute Gasteiger partial charge is 0.251 e. The van der Waals surface area contributed by atoms with Gasteiger partial charge in [-0.2, -0.15) is 0 Å². The lowest BCUT2D eigenvalue weighted by atomic mass is 9.98. The molecule has 0 bridgehead atoms. The third kappa shape index (κ3) is 3.71. The van der Waals surface area contributed by atoms with Crippen molar-refractivity contribution in [1.29, 1.82) is 0 Å². The van der Waals surface area contributed by atoms with Gasteiger partial charge in [0.25, 0.3) is 5.91 Å². The fourth-order valence-electron chi connectivity index (χ4n) is 3.53. The van der Waals surface area contributed by atoms with Gasteiger partial charge in [-0.3, -0.25) is 14.6 Å². The van der Waals surface area contributed by atoms with Gasteiger partial charge in [0.2, 0.25) is 5.91 Å². The molecule has 1 atom stereocenters. The number of carbonyl (C=O) groups is 2. The normalized spacial score (nSPS) is 18.9. The fraction of sp³-hybridized carbons (Fsp3) is 0.227. The highest BCUT2D eigenvalue weighted by Crippen LogP contribution is 2.29. The lowest BCUT2D eigenvalue weighted by molar-refractivity contribution is -0.119. The highest BCUT2D eigenvalue weighted by atomic mass is 35.5. The van der Waals surface area contributed by atoms with Gasteiger partial charge in [0.1, 0.15) is 0 Å². The molecule has 1 aliphatic rings. The third-order valence-electron chi connectivity index (χ3n) is 5.16. The van der Waals surface area contributed by atoms with Crippen LogP contribution in [0.3, 0.4) is 0 Å². The lowest BCUT2D eigenvalue weighted by Crippen LogP contribution is -2.48. The standard InChI is InChI=1S/C22H20ClN3O2/c1-22(9-8-20(27)26-22)13-25-21(28)15-2-3-16-11-24-12-19(18(16)10-15)14-4-6-17(23)7-5-14/h2-7,10-12H,8-9,13H2,1H3,(H,25,28)(H,26,27). The van der Waals surface area contributed by atoms with Crippen molar-refractivity contribution in [2.45, 2.75) is 25.3 Å². The summed E-state index contributed by atoms with van der Waals surface area (Å²) in [5.74, 6) is -0.134. The van der Waals surface area contributed by atoms with E-state index in [1.54, 1.807) is 18.5 Å². The third-order valence-corrected chi connectivity index (χ3v) is 5.41. The maximum Gasteiger partial charge on any atom is 0.251 e. The Morgan fingerprint density at radius 1 is 1.21 bits per heavy atom. The molecule has 142 valence electrons. The molecule has 0 spiro atoms. The fourth-order valence-corrected chi connectivity index (χ4v) is 3.65. The minimum absolute atomic E-state index is 0.0301. The van der Waals surface area contributed by atoms with Crippen LogP contribution in [0.1, 0.15) is 30.1 Å². The Kier molecular flexibility index (Phi) is 4.77. The molecule has 5 nitrogen and oxygen atoms in total. The van der Waals surface area contributed by atoms with Gasteiger partial charge in [0.15, 0.2) is 0 Å². The molecule has 3 aromatic rings. The number of nitrogens with zero attached hydrogens (tertiary/aromatic N) is 1. The second-order valence-corrected chi connectivity index (χ2v) is 7.86. The summed E-state index contributed by atoms with van der Waals surface area (Å²) in [6.45, 7) is 2.35. The zero-order valence-electron chi connectivity index (χ0n) is 15.5. The number of halogens is 1. The molecular formula is C22H20ClN3O2. The number of benzene rings is 2. The van der Waals surface area contributed by atoms with Crippen LogP contribution in [-0.4, -0.2) is 28.9 Å². The zero-order chi connectivity index (χ0) is 19.7. The Hall–Kier alpha value is -2.92. The van der Waals surface area contributed by atoms with Crippen LogP contribution in [0, 0.1) is 0 Å². The topological polar surface area (TPSA) is 71.1 Å². The average molecular weight is 394 g/mol. The van der Waals surface area contributed by atoms with Crippen molar-refractivity contribution < 1.29 is 9.59 Å². The molecule has 1 aliphatic heterocycles. The van der Waals surface area contributed by atoms with Gasteiger partial charge in [0.05, 0.1) is 5.54 Å². The Morgan fingerprint density at radius 3 is 2.71 bits per heavy atom. The molecule has 0 saturated carbocycles. The van der Waals surface area contributed by atoms with Crippen LogP contribution in [0.15, 0.2) is 54.9 Å². The van der Waals surface area contributed by atoms with Crippen molar-refractivity contribution in [2.24, 2.45) is 0 Å². The van der Waals surface area contributed by atoms with E-state index in [4.69, 9.17) is 11.6 Å². The Morgan fingerprint density at radius 2 is 2.00 bits per heavy atom. The quantitative estimate of drug-likeness (QED) is 0.704. The number of rotatable bonds is 4. The summed E-state index contributed by atoms with van der Waals surface area (Å²) in [4.78, 5) is 28.5. The number of hydrogen-bond acceptors (Lipinski definition) is 3. The van der Waals surface area contributed by atoms with Gasteiger partial charge in [-0.15, -0.1) is 0 Å². The van der Waals surface area contributed by atoms with Gasteiger partial charge in [0, 0.05) is 46.9 Å². The number of fused-ring (bicyclic) bond motifs is 1. The number of carbonyl (C=O) groups excluding carboxylic acids is 2. The van der Waals surface area contributed by atoms with Crippen LogP contribution in [-0.2, 0) is 4.79 Å². The van der Waals surface area contributed by atoms with Crippen LogP contribution in [0.5, 0.6) is 0 Å². The van der Waals surface area contributed by atoms with E-state index in [2.05, 4.69) is 15.6 Å². The highest BCUT2D eigenvalue weighted by Gasteiger charge is 2.33. The monoisotopic (exact) mass is 393 g/mol. The maximum atomic E-state index is 12.7. The number of pyridine rings is 1. The SMILES string of the molecule is CC1(CNC(=O)c2ccc3cncc(-c4ccc(Cl)cc4)c3c2)CCC(=O)N1. The van der Waals surface area contributed by atoms with Crippen molar-refractivity contribution in [2.75, 3.05) is 6.54 Å². The van der Waals surface area contributed by atoms with Gasteiger partial charge < -0.3 is 10.6 Å². The first-order valence-corrected chi connectivity index (χ1v) is 9.54. The average Bonchev–Trinajstić information content (AvgIpc) is 3.05. The lowest BCUT2D eigenvalue weighted by Gasteiger charge is -2.24. The molecule has 2 amide bonds. The van der Waals surface area contributed by atoms with E-state index in [1.807, 2.05) is 43.3 Å². The molecule has 0 aliphatic carbocycles. The molecule has 1 aromatic heterocycles. The first-order chi connectivity index (χ1) is 13.4. The molecule has 2 heterocycles. The van der Waals surface area contributed by atoms with Crippen LogP contribution >= 0.6 is 11.6 Å². The largest absolute Gasteiger partial charge is 0.350 e. The van der Waals surface area contributed by atoms with E-state index in [0.29, 0.717) is 23.6 Å². The van der Waals surface area contributed by atoms with Gasteiger partial charge in [-0.05, 0) is 48.6 Å². The molecule has 2 aromatic carbocycles. The van der Waals surface area contributed by atoms with Crippen molar-refractivity contribution >= 4 is 34.2 Å². The van der Waals surface area contributed by atoms with Gasteiger partial charge >= 0.3 is 0 Å². The molecule has 28 heavy (non-hydrogen) atoms. The van der Waals surface area contributed by atoms with E-state index in [1.165, 1.54) is 0 Å². The molecule has 6 heteroatoms. The van der Waals surface area contributed by atoms with Gasteiger partial charge in [-0.25, -0.2) is 0 Å². The summed E-state index contributed by atoms with van der Waals surface area (Å²) in [7, 11) is 0. The summed E-state index contributed by atoms with van der Waals surface area (Å²) in [5.41, 5.74) is 2.11.